The molecule has 0 saturated heterocycles. The summed E-state index contributed by atoms with van der Waals surface area (Å²) < 4.78 is 0. The van der Waals surface area contributed by atoms with Gasteiger partial charge in [-0.1, -0.05) is 18.2 Å². The van der Waals surface area contributed by atoms with Gasteiger partial charge in [-0.3, -0.25) is 4.79 Å². The number of nitrogens with zero attached hydrogens (tertiary/aromatic N) is 3. The average Bonchev–Trinajstić information content (AvgIpc) is 2.42. The molecule has 0 aliphatic carbocycles. The Labute approximate surface area is 115 Å². The third kappa shape index (κ3) is 3.29. The van der Waals surface area contributed by atoms with Crippen LogP contribution in [0, 0.1) is 0 Å². The number of rotatable bonds is 3. The summed E-state index contributed by atoms with van der Waals surface area (Å²) in [5.74, 6) is -0.486. The number of carbonyl (C=O) groups is 1. The number of benzene rings is 1. The Morgan fingerprint density at radius 1 is 1.30 bits per heavy atom. The summed E-state index contributed by atoms with van der Waals surface area (Å²) in [5.41, 5.74) is 6.34. The van der Waals surface area contributed by atoms with Crippen molar-refractivity contribution in [2.24, 2.45) is 10.2 Å². The number of amides is 1. The lowest BCUT2D eigenvalue weighted by Crippen LogP contribution is -2.08. The fraction of sp³-hybridized carbons (Fsp3) is 0.0769. The van der Waals surface area contributed by atoms with Gasteiger partial charge in [-0.15, -0.1) is 5.11 Å². The summed E-state index contributed by atoms with van der Waals surface area (Å²) in [6.07, 6.45) is 0. The van der Waals surface area contributed by atoms with Crippen LogP contribution in [-0.2, 0) is 4.79 Å². The molecule has 0 atom stereocenters. The normalized spacial score (nSPS) is 10.7. The number of azo groups is 1. The van der Waals surface area contributed by atoms with Crippen molar-refractivity contribution in [3.05, 3.63) is 36.4 Å². The highest BCUT2D eigenvalue weighted by molar-refractivity contribution is 5.91. The van der Waals surface area contributed by atoms with Gasteiger partial charge in [0.1, 0.15) is 5.69 Å². The van der Waals surface area contributed by atoms with Crippen molar-refractivity contribution in [3.8, 4) is 5.75 Å². The van der Waals surface area contributed by atoms with Gasteiger partial charge in [0, 0.05) is 13.0 Å². The van der Waals surface area contributed by atoms with Crippen LogP contribution in [0.1, 0.15) is 6.92 Å². The topological polar surface area (TPSA) is 113 Å². The van der Waals surface area contributed by atoms with Gasteiger partial charge in [-0.05, 0) is 12.1 Å². The molecular weight excluding hydrogens is 258 g/mol. The van der Waals surface area contributed by atoms with Crippen LogP contribution in [0.4, 0.5) is 23.0 Å². The first kappa shape index (κ1) is 13.5. The van der Waals surface area contributed by atoms with E-state index in [2.05, 4.69) is 20.5 Å². The largest absolute Gasteiger partial charge is 0.504 e. The number of anilines is 2. The van der Waals surface area contributed by atoms with Crippen LogP contribution in [0.5, 0.6) is 5.75 Å². The molecule has 2 rings (SSSR count). The van der Waals surface area contributed by atoms with Crippen molar-refractivity contribution >= 4 is 28.9 Å². The number of carbonyl (C=O) groups excluding carboxylic acids is 1. The fourth-order valence-corrected chi connectivity index (χ4v) is 1.45. The van der Waals surface area contributed by atoms with Gasteiger partial charge in [0.25, 0.3) is 0 Å². The highest BCUT2D eigenvalue weighted by Gasteiger charge is 2.10. The minimum absolute atomic E-state index is 0.0904. The van der Waals surface area contributed by atoms with E-state index < -0.39 is 0 Å². The molecule has 7 nitrogen and oxygen atoms in total. The molecule has 1 heterocycles. The minimum Gasteiger partial charge on any atom is -0.504 e. The van der Waals surface area contributed by atoms with Gasteiger partial charge in [-0.2, -0.15) is 5.11 Å². The molecule has 1 amide bonds. The minimum atomic E-state index is -0.321. The molecule has 1 aromatic carbocycles. The van der Waals surface area contributed by atoms with Crippen LogP contribution < -0.4 is 11.1 Å². The predicted molar refractivity (Wildman–Crippen MR) is 75.2 cm³/mol. The molecule has 0 radical (unpaired) electrons. The van der Waals surface area contributed by atoms with Gasteiger partial charge in [0.15, 0.2) is 17.4 Å². The second-order valence-corrected chi connectivity index (χ2v) is 3.98. The monoisotopic (exact) mass is 271 g/mol. The summed E-state index contributed by atoms with van der Waals surface area (Å²) >= 11 is 0. The molecule has 4 N–H and O–H groups in total. The lowest BCUT2D eigenvalue weighted by Gasteiger charge is -2.06. The van der Waals surface area contributed by atoms with Gasteiger partial charge in [-0.25, -0.2) is 4.98 Å². The summed E-state index contributed by atoms with van der Waals surface area (Å²) in [7, 11) is 0. The van der Waals surface area contributed by atoms with E-state index >= 15 is 0 Å². The molecule has 0 aliphatic rings. The summed E-state index contributed by atoms with van der Waals surface area (Å²) in [6, 6.07) is 10.3. The smallest absolute Gasteiger partial charge is 0.222 e. The molecule has 102 valence electrons. The number of hydrogen-bond acceptors (Lipinski definition) is 6. The fourth-order valence-electron chi connectivity index (χ4n) is 1.45. The molecule has 0 fully saturated rings. The zero-order chi connectivity index (χ0) is 14.5. The van der Waals surface area contributed by atoms with Crippen LogP contribution >= 0.6 is 0 Å². The number of pyridine rings is 1. The Morgan fingerprint density at radius 2 is 2.00 bits per heavy atom. The molecule has 7 heteroatoms. The Balaban J connectivity index is 2.37. The second-order valence-electron chi connectivity index (χ2n) is 3.98. The van der Waals surface area contributed by atoms with Crippen LogP contribution in [0.2, 0.25) is 0 Å². The van der Waals surface area contributed by atoms with Crippen LogP contribution in [0.3, 0.4) is 0 Å². The van der Waals surface area contributed by atoms with Crippen molar-refractivity contribution in [2.45, 2.75) is 6.92 Å². The third-order valence-electron chi connectivity index (χ3n) is 2.33. The van der Waals surface area contributed by atoms with Crippen molar-refractivity contribution in [1.82, 2.24) is 4.98 Å². The average molecular weight is 271 g/mol. The second kappa shape index (κ2) is 5.79. The third-order valence-corrected chi connectivity index (χ3v) is 2.33. The van der Waals surface area contributed by atoms with Crippen molar-refractivity contribution in [1.29, 1.82) is 0 Å². The molecular formula is C13H13N5O2. The van der Waals surface area contributed by atoms with Crippen LogP contribution in [-0.4, -0.2) is 16.0 Å². The van der Waals surface area contributed by atoms with E-state index in [1.54, 1.807) is 12.1 Å². The molecule has 2 aromatic rings. The summed E-state index contributed by atoms with van der Waals surface area (Å²) in [6.45, 7) is 1.34. The van der Waals surface area contributed by atoms with E-state index in [0.717, 1.165) is 0 Å². The SMILES string of the molecule is CC(=O)Nc1nc(N)c(O)cc1N=Nc1ccccc1. The molecule has 0 bridgehead atoms. The molecule has 0 spiro atoms. The van der Waals surface area contributed by atoms with Gasteiger partial charge >= 0.3 is 0 Å². The number of aromatic hydroxyl groups is 1. The van der Waals surface area contributed by atoms with Crippen LogP contribution in [0.15, 0.2) is 46.6 Å². The van der Waals surface area contributed by atoms with Gasteiger partial charge < -0.3 is 16.2 Å². The quantitative estimate of drug-likeness (QED) is 0.745. The Bertz CT molecular complexity index is 655. The van der Waals surface area contributed by atoms with Crippen LogP contribution in [0.25, 0.3) is 0 Å². The lowest BCUT2D eigenvalue weighted by molar-refractivity contribution is -0.114. The summed E-state index contributed by atoms with van der Waals surface area (Å²) in [5, 5.41) is 20.0. The summed E-state index contributed by atoms with van der Waals surface area (Å²) in [4.78, 5) is 15.0. The molecule has 20 heavy (non-hydrogen) atoms. The maximum atomic E-state index is 11.1. The van der Waals surface area contributed by atoms with E-state index in [1.165, 1.54) is 13.0 Å². The van der Waals surface area contributed by atoms with E-state index in [4.69, 9.17) is 5.73 Å². The molecule has 1 aromatic heterocycles. The first-order valence-electron chi connectivity index (χ1n) is 5.80. The number of aromatic nitrogens is 1. The molecule has 0 saturated carbocycles. The van der Waals surface area contributed by atoms with Crippen molar-refractivity contribution < 1.29 is 9.90 Å². The van der Waals surface area contributed by atoms with Gasteiger partial charge in [0.2, 0.25) is 5.91 Å². The van der Waals surface area contributed by atoms with Gasteiger partial charge in [0.05, 0.1) is 5.69 Å². The Hall–Kier alpha value is -2.96. The maximum absolute atomic E-state index is 11.1. The molecule has 0 aliphatic heterocycles. The lowest BCUT2D eigenvalue weighted by atomic mass is 10.3. The first-order valence-corrected chi connectivity index (χ1v) is 5.80. The number of hydrogen-bond donors (Lipinski definition) is 3. The van der Waals surface area contributed by atoms with E-state index in [9.17, 15) is 9.90 Å². The van der Waals surface area contributed by atoms with E-state index in [0.29, 0.717) is 5.69 Å². The Morgan fingerprint density at radius 3 is 2.65 bits per heavy atom. The van der Waals surface area contributed by atoms with Crippen molar-refractivity contribution in [3.63, 3.8) is 0 Å². The van der Waals surface area contributed by atoms with E-state index in [-0.39, 0.29) is 29.0 Å². The predicted octanol–water partition coefficient (Wildman–Crippen LogP) is 2.74. The van der Waals surface area contributed by atoms with Crippen molar-refractivity contribution in [2.75, 3.05) is 11.1 Å². The highest BCUT2D eigenvalue weighted by Crippen LogP contribution is 2.32. The zero-order valence-electron chi connectivity index (χ0n) is 10.7. The molecule has 0 unspecified atom stereocenters. The number of nitrogen functional groups attached to an aromatic ring is 1. The highest BCUT2D eigenvalue weighted by atomic mass is 16.3. The number of nitrogens with two attached hydrogens (primary N) is 1. The Kier molecular flexibility index (Phi) is 3.90. The first-order chi connectivity index (χ1) is 9.56. The number of nitrogens with one attached hydrogen (secondary N) is 1. The maximum Gasteiger partial charge on any atom is 0.222 e. The standard InChI is InChI=1S/C13H13N5O2/c1-8(19)15-13-10(7-11(20)12(14)16-13)18-17-9-5-3-2-4-6-9/h2-7,20H,1H3,(H3,14,15,16,19). The van der Waals surface area contributed by atoms with E-state index in [1.807, 2.05) is 18.2 Å². The zero-order valence-corrected chi connectivity index (χ0v) is 10.7.